The molecular weight excluding hydrogens is 207 g/mol. The minimum atomic E-state index is -2.71. The van der Waals surface area contributed by atoms with Gasteiger partial charge in [0.05, 0.1) is 0 Å². The molecule has 60 valence electrons. The average Bonchev–Trinajstić information content (AvgIpc) is 2.04. The average molecular weight is 217 g/mol. The molecule has 2 nitrogen and oxygen atoms in total. The van der Waals surface area contributed by atoms with Crippen molar-refractivity contribution in [1.82, 2.24) is 0 Å². The Morgan fingerprint density at radius 3 is 2.55 bits per heavy atom. The molecule has 0 saturated carbocycles. The van der Waals surface area contributed by atoms with Crippen LogP contribution in [0.1, 0.15) is 12.5 Å². The Balaban J connectivity index is 3.12. The van der Waals surface area contributed by atoms with Gasteiger partial charge in [-0.05, 0) is 0 Å². The van der Waals surface area contributed by atoms with Gasteiger partial charge >= 0.3 is 69.8 Å². The van der Waals surface area contributed by atoms with Gasteiger partial charge in [0.25, 0.3) is 0 Å². The Morgan fingerprint density at radius 2 is 2.09 bits per heavy atom. The molecule has 1 atom stereocenters. The van der Waals surface area contributed by atoms with Gasteiger partial charge in [-0.2, -0.15) is 0 Å². The molecule has 0 bridgehead atoms. The zero-order valence-electron chi connectivity index (χ0n) is 6.28. The third-order valence-corrected chi connectivity index (χ3v) is 3.17. The first-order valence-corrected chi connectivity index (χ1v) is 5.76. The van der Waals surface area contributed by atoms with Gasteiger partial charge in [-0.3, -0.25) is 0 Å². The second-order valence-electron chi connectivity index (χ2n) is 2.21. The van der Waals surface area contributed by atoms with Crippen molar-refractivity contribution >= 4 is 18.6 Å². The molecule has 3 heteroatoms. The summed E-state index contributed by atoms with van der Waals surface area (Å²) < 4.78 is 20.3. The SMILES string of the molecule is CCc1ccccc1[Se](=O)O. The van der Waals surface area contributed by atoms with E-state index in [9.17, 15) is 3.83 Å². The molecule has 0 radical (unpaired) electrons. The van der Waals surface area contributed by atoms with Crippen LogP contribution in [0.5, 0.6) is 0 Å². The van der Waals surface area contributed by atoms with Crippen molar-refractivity contribution in [2.45, 2.75) is 13.3 Å². The summed E-state index contributed by atoms with van der Waals surface area (Å²) in [5.41, 5.74) is 0.981. The fraction of sp³-hybridized carbons (Fsp3) is 0.250. The van der Waals surface area contributed by atoms with Gasteiger partial charge in [0.2, 0.25) is 0 Å². The van der Waals surface area contributed by atoms with Crippen LogP contribution in [0.4, 0.5) is 0 Å². The van der Waals surface area contributed by atoms with Crippen LogP contribution in [0.25, 0.3) is 0 Å². The monoisotopic (exact) mass is 218 g/mol. The summed E-state index contributed by atoms with van der Waals surface area (Å²) in [7, 11) is 0. The Kier molecular flexibility index (Phi) is 2.94. The number of hydrogen-bond acceptors (Lipinski definition) is 1. The molecule has 0 aliphatic carbocycles. The van der Waals surface area contributed by atoms with E-state index < -0.39 is 14.2 Å². The molecule has 0 heterocycles. The van der Waals surface area contributed by atoms with E-state index in [1.165, 1.54) is 0 Å². The van der Waals surface area contributed by atoms with Gasteiger partial charge in [-0.15, -0.1) is 0 Å². The normalized spacial score (nSPS) is 12.9. The summed E-state index contributed by atoms with van der Waals surface area (Å²) in [6.07, 6.45) is 0.818. The molecule has 1 rings (SSSR count). The zero-order valence-corrected chi connectivity index (χ0v) is 7.99. The molecule has 1 aromatic rings. The van der Waals surface area contributed by atoms with Gasteiger partial charge in [-0.1, -0.05) is 0 Å². The van der Waals surface area contributed by atoms with Crippen LogP contribution >= 0.6 is 0 Å². The first-order chi connectivity index (χ1) is 5.25. The first kappa shape index (κ1) is 8.59. The van der Waals surface area contributed by atoms with Crippen LogP contribution in [0.3, 0.4) is 0 Å². The quantitative estimate of drug-likeness (QED) is 0.726. The summed E-state index contributed by atoms with van der Waals surface area (Å²) in [6, 6.07) is 7.28. The van der Waals surface area contributed by atoms with Crippen molar-refractivity contribution in [2.24, 2.45) is 0 Å². The van der Waals surface area contributed by atoms with E-state index in [1.54, 1.807) is 12.1 Å². The predicted molar refractivity (Wildman–Crippen MR) is 44.1 cm³/mol. The molecule has 0 aromatic heterocycles. The van der Waals surface area contributed by atoms with E-state index in [0.29, 0.717) is 4.46 Å². The third-order valence-electron chi connectivity index (χ3n) is 1.54. The van der Waals surface area contributed by atoms with Gasteiger partial charge in [-0.25, -0.2) is 0 Å². The minimum absolute atomic E-state index is 0.620. The molecule has 0 amide bonds. The summed E-state index contributed by atoms with van der Waals surface area (Å²) in [4.78, 5) is 0. The Labute approximate surface area is 70.3 Å². The summed E-state index contributed by atoms with van der Waals surface area (Å²) in [6.45, 7) is 1.98. The Hall–Kier alpha value is -0.501. The standard InChI is InChI=1S/C8H10O2Se/c1-2-7-5-3-4-6-8(7)11(9)10/h3-6H,2H2,1H3,(H,9,10). The number of rotatable bonds is 2. The molecular formula is C8H10O2Se. The van der Waals surface area contributed by atoms with Crippen molar-refractivity contribution in [2.75, 3.05) is 0 Å². The summed E-state index contributed by atoms with van der Waals surface area (Å²) in [5.74, 6) is 0. The van der Waals surface area contributed by atoms with Crippen LogP contribution in [0.2, 0.25) is 0 Å². The van der Waals surface area contributed by atoms with Crippen LogP contribution in [-0.4, -0.2) is 18.4 Å². The second kappa shape index (κ2) is 3.77. The number of hydrogen-bond donors (Lipinski definition) is 1. The summed E-state index contributed by atoms with van der Waals surface area (Å²) in [5, 5.41) is 0. The van der Waals surface area contributed by atoms with Gasteiger partial charge in [0.1, 0.15) is 0 Å². The second-order valence-corrected chi connectivity index (χ2v) is 4.18. The molecule has 1 N–H and O–H groups in total. The molecule has 0 fully saturated rings. The van der Waals surface area contributed by atoms with E-state index in [-0.39, 0.29) is 0 Å². The van der Waals surface area contributed by atoms with Crippen molar-refractivity contribution in [3.63, 3.8) is 0 Å². The van der Waals surface area contributed by atoms with E-state index in [0.717, 1.165) is 12.0 Å². The van der Waals surface area contributed by atoms with Gasteiger partial charge < -0.3 is 0 Å². The number of benzene rings is 1. The molecule has 0 aliphatic heterocycles. The fourth-order valence-electron chi connectivity index (χ4n) is 0.966. The van der Waals surface area contributed by atoms with Gasteiger partial charge in [0.15, 0.2) is 0 Å². The maximum atomic E-state index is 10.8. The Morgan fingerprint density at radius 1 is 1.45 bits per heavy atom. The molecule has 0 aliphatic rings. The molecule has 0 spiro atoms. The maximum absolute atomic E-state index is 10.8. The molecule has 11 heavy (non-hydrogen) atoms. The molecule has 1 unspecified atom stereocenters. The van der Waals surface area contributed by atoms with Crippen LogP contribution in [-0.2, 0) is 10.3 Å². The van der Waals surface area contributed by atoms with Crippen LogP contribution < -0.4 is 4.46 Å². The van der Waals surface area contributed by atoms with Crippen molar-refractivity contribution in [3.05, 3.63) is 29.8 Å². The van der Waals surface area contributed by atoms with Crippen molar-refractivity contribution in [3.8, 4) is 0 Å². The number of aryl methyl sites for hydroxylation is 1. The van der Waals surface area contributed by atoms with Crippen LogP contribution in [0, 0.1) is 0 Å². The van der Waals surface area contributed by atoms with Crippen LogP contribution in [0.15, 0.2) is 24.3 Å². The van der Waals surface area contributed by atoms with E-state index >= 15 is 0 Å². The topological polar surface area (TPSA) is 37.3 Å². The van der Waals surface area contributed by atoms with Gasteiger partial charge in [0, 0.05) is 0 Å². The van der Waals surface area contributed by atoms with E-state index in [4.69, 9.17) is 4.19 Å². The predicted octanol–water partition coefficient (Wildman–Crippen LogP) is 0.367. The fourth-order valence-corrected chi connectivity index (χ4v) is 2.29. The first-order valence-electron chi connectivity index (χ1n) is 3.44. The van der Waals surface area contributed by atoms with E-state index in [2.05, 4.69) is 0 Å². The van der Waals surface area contributed by atoms with Crippen molar-refractivity contribution in [1.29, 1.82) is 0 Å². The third kappa shape index (κ3) is 1.96. The van der Waals surface area contributed by atoms with E-state index in [1.807, 2.05) is 19.1 Å². The molecule has 1 aromatic carbocycles. The zero-order chi connectivity index (χ0) is 8.27. The Bertz CT molecular complexity index is 271. The molecule has 0 saturated heterocycles. The summed E-state index contributed by atoms with van der Waals surface area (Å²) >= 11 is -2.71. The van der Waals surface area contributed by atoms with Crippen molar-refractivity contribution < 1.29 is 8.02 Å².